The van der Waals surface area contributed by atoms with E-state index in [1.165, 1.54) is 16.2 Å². The molecule has 1 aliphatic rings. The number of carboxylic acids is 2. The lowest BCUT2D eigenvalue weighted by atomic mass is 10.1. The van der Waals surface area contributed by atoms with Crippen LogP contribution in [-0.2, 0) is 14.4 Å². The highest BCUT2D eigenvalue weighted by Gasteiger charge is 2.35. The van der Waals surface area contributed by atoms with Crippen molar-refractivity contribution in [1.82, 2.24) is 10.2 Å². The van der Waals surface area contributed by atoms with Gasteiger partial charge in [-0.25, -0.2) is 4.79 Å². The normalized spacial score (nSPS) is 18.0. The predicted molar refractivity (Wildman–Crippen MR) is 116 cm³/mol. The van der Waals surface area contributed by atoms with Crippen molar-refractivity contribution >= 4 is 35.0 Å². The lowest BCUT2D eigenvalue weighted by Gasteiger charge is -2.24. The minimum absolute atomic E-state index is 0.0286. The first-order valence-corrected chi connectivity index (χ1v) is 11.5. The lowest BCUT2D eigenvalue weighted by Crippen LogP contribution is -2.48. The third-order valence-electron chi connectivity index (χ3n) is 5.46. The number of nitrogens with one attached hydrogen (secondary N) is 1. The molecule has 172 valence electrons. The molecule has 5 N–H and O–H groups in total. The van der Waals surface area contributed by atoms with E-state index in [1.807, 2.05) is 11.4 Å². The van der Waals surface area contributed by atoms with Gasteiger partial charge in [-0.15, -0.1) is 11.3 Å². The number of carbonyl (C=O) groups is 4. The van der Waals surface area contributed by atoms with E-state index >= 15 is 0 Å². The summed E-state index contributed by atoms with van der Waals surface area (Å²) < 4.78 is 0. The quantitative estimate of drug-likeness (QED) is 0.246. The van der Waals surface area contributed by atoms with Crippen LogP contribution in [-0.4, -0.2) is 70.0 Å². The van der Waals surface area contributed by atoms with E-state index in [-0.39, 0.29) is 11.7 Å². The SMILES string of the molecule is N[C@@H](CCCCNC(CCCC(=O)c1cccs1)C(=O)O)C(=O)N1CCC[C@H]1C(=O)O. The number of carbonyl (C=O) groups excluding carboxylic acids is 2. The van der Waals surface area contributed by atoms with Gasteiger partial charge in [0.15, 0.2) is 5.78 Å². The number of hydrogen-bond acceptors (Lipinski definition) is 7. The molecule has 0 bridgehead atoms. The number of aliphatic carboxylic acids is 2. The van der Waals surface area contributed by atoms with Crippen LogP contribution in [0.2, 0.25) is 0 Å². The van der Waals surface area contributed by atoms with Crippen molar-refractivity contribution in [3.8, 4) is 0 Å². The van der Waals surface area contributed by atoms with Gasteiger partial charge in [0.2, 0.25) is 5.91 Å². The van der Waals surface area contributed by atoms with Gasteiger partial charge in [-0.2, -0.15) is 0 Å². The molecule has 0 radical (unpaired) electrons. The number of unbranched alkanes of at least 4 members (excludes halogenated alkanes) is 1. The Morgan fingerprint density at radius 3 is 2.61 bits per heavy atom. The van der Waals surface area contributed by atoms with Crippen LogP contribution >= 0.6 is 11.3 Å². The lowest BCUT2D eigenvalue weighted by molar-refractivity contribution is -0.148. The van der Waals surface area contributed by atoms with E-state index in [1.54, 1.807) is 6.07 Å². The van der Waals surface area contributed by atoms with Crippen LogP contribution in [0, 0.1) is 0 Å². The van der Waals surface area contributed by atoms with Crippen LogP contribution in [0.1, 0.15) is 61.0 Å². The zero-order valence-electron chi connectivity index (χ0n) is 17.5. The maximum absolute atomic E-state index is 12.4. The molecule has 1 amide bonds. The van der Waals surface area contributed by atoms with Gasteiger partial charge < -0.3 is 26.2 Å². The highest BCUT2D eigenvalue weighted by Crippen LogP contribution is 2.19. The van der Waals surface area contributed by atoms with Crippen molar-refractivity contribution in [3.05, 3.63) is 22.4 Å². The van der Waals surface area contributed by atoms with Crippen LogP contribution in [0.25, 0.3) is 0 Å². The van der Waals surface area contributed by atoms with Gasteiger partial charge in [0.1, 0.15) is 12.1 Å². The number of hydrogen-bond donors (Lipinski definition) is 4. The second-order valence-corrected chi connectivity index (χ2v) is 8.72. The van der Waals surface area contributed by atoms with Gasteiger partial charge in [0, 0.05) is 13.0 Å². The second kappa shape index (κ2) is 12.5. The molecule has 9 nitrogen and oxygen atoms in total. The smallest absolute Gasteiger partial charge is 0.326 e. The first-order chi connectivity index (χ1) is 14.8. The molecule has 2 rings (SSSR count). The Hall–Kier alpha value is -2.30. The maximum atomic E-state index is 12.4. The summed E-state index contributed by atoms with van der Waals surface area (Å²) in [5.74, 6) is -2.26. The second-order valence-electron chi connectivity index (χ2n) is 7.77. The van der Waals surface area contributed by atoms with Crippen LogP contribution in [0.4, 0.5) is 0 Å². The first-order valence-electron chi connectivity index (χ1n) is 10.6. The summed E-state index contributed by atoms with van der Waals surface area (Å²) in [4.78, 5) is 49.1. The van der Waals surface area contributed by atoms with Crippen LogP contribution in [0.15, 0.2) is 17.5 Å². The van der Waals surface area contributed by atoms with Gasteiger partial charge in [0.25, 0.3) is 0 Å². The van der Waals surface area contributed by atoms with E-state index in [9.17, 15) is 29.4 Å². The van der Waals surface area contributed by atoms with Crippen LogP contribution < -0.4 is 11.1 Å². The van der Waals surface area contributed by atoms with Crippen LogP contribution in [0.3, 0.4) is 0 Å². The molecule has 0 spiro atoms. The number of likely N-dealkylation sites (tertiary alicyclic amines) is 1. The van der Waals surface area contributed by atoms with Gasteiger partial charge in [-0.3, -0.25) is 14.4 Å². The van der Waals surface area contributed by atoms with Crippen molar-refractivity contribution in [2.45, 2.75) is 69.5 Å². The zero-order valence-corrected chi connectivity index (χ0v) is 18.3. The van der Waals surface area contributed by atoms with Crippen molar-refractivity contribution in [2.24, 2.45) is 5.73 Å². The average Bonchev–Trinajstić information content (AvgIpc) is 3.43. The average molecular weight is 454 g/mol. The summed E-state index contributed by atoms with van der Waals surface area (Å²) in [7, 11) is 0. The molecule has 2 heterocycles. The summed E-state index contributed by atoms with van der Waals surface area (Å²) in [6, 6.07) is 1.31. The summed E-state index contributed by atoms with van der Waals surface area (Å²) >= 11 is 1.38. The molecular formula is C21H31N3O6S. The summed E-state index contributed by atoms with van der Waals surface area (Å²) in [5.41, 5.74) is 5.95. The van der Waals surface area contributed by atoms with Crippen molar-refractivity contribution in [2.75, 3.05) is 13.1 Å². The van der Waals surface area contributed by atoms with Gasteiger partial charge in [-0.05, 0) is 56.5 Å². The number of carboxylic acid groups (broad SMARTS) is 2. The maximum Gasteiger partial charge on any atom is 0.326 e. The summed E-state index contributed by atoms with van der Waals surface area (Å²) in [6.45, 7) is 0.874. The molecule has 1 aliphatic heterocycles. The summed E-state index contributed by atoms with van der Waals surface area (Å²) in [5, 5.41) is 23.4. The minimum atomic E-state index is -1.00. The molecule has 1 aromatic rings. The number of amides is 1. The van der Waals surface area contributed by atoms with Crippen LogP contribution in [0.5, 0.6) is 0 Å². The van der Waals surface area contributed by atoms with Crippen molar-refractivity contribution in [1.29, 1.82) is 0 Å². The molecule has 10 heteroatoms. The molecule has 0 saturated carbocycles. The highest BCUT2D eigenvalue weighted by molar-refractivity contribution is 7.12. The predicted octanol–water partition coefficient (Wildman–Crippen LogP) is 1.72. The van der Waals surface area contributed by atoms with Crippen molar-refractivity contribution in [3.63, 3.8) is 0 Å². The molecule has 0 aliphatic carbocycles. The number of nitrogens with two attached hydrogens (primary N) is 1. The Labute approximate surface area is 185 Å². The fourth-order valence-corrected chi connectivity index (χ4v) is 4.42. The van der Waals surface area contributed by atoms with E-state index < -0.39 is 30.1 Å². The van der Waals surface area contributed by atoms with E-state index in [0.717, 1.165) is 0 Å². The molecule has 31 heavy (non-hydrogen) atoms. The Morgan fingerprint density at radius 1 is 1.19 bits per heavy atom. The Bertz CT molecular complexity index is 754. The third-order valence-corrected chi connectivity index (χ3v) is 6.37. The number of Topliss-reactive ketones (excluding diaryl/α,β-unsaturated/α-hetero) is 1. The Morgan fingerprint density at radius 2 is 1.97 bits per heavy atom. The molecule has 1 fully saturated rings. The fourth-order valence-electron chi connectivity index (χ4n) is 3.73. The van der Waals surface area contributed by atoms with Crippen molar-refractivity contribution < 1.29 is 29.4 Å². The fraction of sp³-hybridized carbons (Fsp3) is 0.619. The largest absolute Gasteiger partial charge is 0.480 e. The van der Waals surface area contributed by atoms with Gasteiger partial charge in [0.05, 0.1) is 10.9 Å². The number of ketones is 1. The topological polar surface area (TPSA) is 150 Å². The minimum Gasteiger partial charge on any atom is -0.480 e. The Kier molecular flexibility index (Phi) is 10.1. The number of nitrogens with zero attached hydrogens (tertiary/aromatic N) is 1. The molecule has 1 aromatic heterocycles. The molecule has 3 atom stereocenters. The first kappa shape index (κ1) is 25.0. The monoisotopic (exact) mass is 453 g/mol. The highest BCUT2D eigenvalue weighted by atomic mass is 32.1. The molecule has 1 unspecified atom stereocenters. The standard InChI is InChI=1S/C21H31N3O6S/c22-14(19(26)24-12-4-8-16(24)21(29)30)6-1-2-11-23-15(20(27)28)7-3-9-17(25)18-10-5-13-31-18/h5,10,13-16,23H,1-4,6-9,11-12,22H2,(H,27,28)(H,29,30)/t14-,15?,16-/m0/s1. The number of thiophene rings is 1. The molecule has 0 aromatic carbocycles. The third kappa shape index (κ3) is 7.71. The zero-order chi connectivity index (χ0) is 22.8. The van der Waals surface area contributed by atoms with E-state index in [2.05, 4.69) is 5.32 Å². The number of rotatable bonds is 14. The summed E-state index contributed by atoms with van der Waals surface area (Å²) in [6.07, 6.45) is 3.95. The van der Waals surface area contributed by atoms with E-state index in [0.29, 0.717) is 69.3 Å². The Balaban J connectivity index is 1.64. The van der Waals surface area contributed by atoms with Gasteiger partial charge >= 0.3 is 11.9 Å². The van der Waals surface area contributed by atoms with Gasteiger partial charge in [-0.1, -0.05) is 12.5 Å². The molecule has 1 saturated heterocycles. The van der Waals surface area contributed by atoms with E-state index in [4.69, 9.17) is 5.73 Å². The molecular weight excluding hydrogens is 422 g/mol.